The van der Waals surface area contributed by atoms with E-state index in [0.717, 1.165) is 33.2 Å². The highest BCUT2D eigenvalue weighted by Crippen LogP contribution is 2.31. The number of ether oxygens (including phenoxy) is 1. The fraction of sp³-hybridized carbons (Fsp3) is 0.182. The quantitative estimate of drug-likeness (QED) is 0.697. The molecule has 3 aromatic rings. The standard InChI is InChI=1S/C22H21NO4/c1-14(24)23-10-9-18-12-19(15-3-5-16(6-4-15)22(25)26)11-17-7-8-20(27-2)13-21(17)18/h3-8,11-13H,9-10H2,1-2H3,(H,23,24)(H,25,26). The molecular weight excluding hydrogens is 342 g/mol. The van der Waals surface area contributed by atoms with E-state index in [0.29, 0.717) is 13.0 Å². The molecule has 0 heterocycles. The number of carbonyl (C=O) groups excluding carboxylic acids is 1. The number of carboxylic acids is 1. The minimum absolute atomic E-state index is 0.0581. The zero-order valence-corrected chi connectivity index (χ0v) is 15.3. The summed E-state index contributed by atoms with van der Waals surface area (Å²) in [5, 5.41) is 14.0. The summed E-state index contributed by atoms with van der Waals surface area (Å²) in [6.07, 6.45) is 0.685. The van der Waals surface area contributed by atoms with Crippen LogP contribution in [0.5, 0.6) is 5.75 Å². The first-order valence-corrected chi connectivity index (χ1v) is 8.67. The van der Waals surface area contributed by atoms with E-state index in [1.54, 1.807) is 19.2 Å². The molecule has 3 aromatic carbocycles. The second-order valence-electron chi connectivity index (χ2n) is 6.34. The molecule has 1 amide bonds. The van der Waals surface area contributed by atoms with Gasteiger partial charge in [0, 0.05) is 13.5 Å². The van der Waals surface area contributed by atoms with Crippen molar-refractivity contribution in [2.75, 3.05) is 13.7 Å². The summed E-state index contributed by atoms with van der Waals surface area (Å²) in [5.74, 6) is -0.220. The largest absolute Gasteiger partial charge is 0.497 e. The van der Waals surface area contributed by atoms with Crippen LogP contribution in [-0.4, -0.2) is 30.6 Å². The number of amides is 1. The fourth-order valence-corrected chi connectivity index (χ4v) is 3.09. The maximum atomic E-state index is 11.2. The lowest BCUT2D eigenvalue weighted by atomic mass is 9.94. The van der Waals surface area contributed by atoms with Gasteiger partial charge in [-0.25, -0.2) is 4.79 Å². The van der Waals surface area contributed by atoms with Crippen LogP contribution in [0.15, 0.2) is 54.6 Å². The number of carboxylic acid groups (broad SMARTS) is 1. The summed E-state index contributed by atoms with van der Waals surface area (Å²) in [4.78, 5) is 22.3. The second-order valence-corrected chi connectivity index (χ2v) is 6.34. The van der Waals surface area contributed by atoms with Gasteiger partial charge >= 0.3 is 5.97 Å². The molecule has 0 saturated heterocycles. The molecule has 0 saturated carbocycles. The first-order valence-electron chi connectivity index (χ1n) is 8.67. The lowest BCUT2D eigenvalue weighted by Crippen LogP contribution is -2.22. The molecule has 5 nitrogen and oxygen atoms in total. The van der Waals surface area contributed by atoms with Crippen molar-refractivity contribution in [3.8, 4) is 16.9 Å². The van der Waals surface area contributed by atoms with Crippen LogP contribution in [0.3, 0.4) is 0 Å². The first kappa shape index (κ1) is 18.5. The van der Waals surface area contributed by atoms with Gasteiger partial charge in [-0.05, 0) is 64.2 Å². The highest BCUT2D eigenvalue weighted by Gasteiger charge is 2.09. The second kappa shape index (κ2) is 7.91. The number of hydrogen-bond donors (Lipinski definition) is 2. The Morgan fingerprint density at radius 3 is 2.37 bits per heavy atom. The average molecular weight is 363 g/mol. The highest BCUT2D eigenvalue weighted by atomic mass is 16.5. The third-order valence-electron chi connectivity index (χ3n) is 4.48. The summed E-state index contributed by atoms with van der Waals surface area (Å²) in [7, 11) is 1.64. The van der Waals surface area contributed by atoms with Crippen LogP contribution in [0.2, 0.25) is 0 Å². The first-order chi connectivity index (χ1) is 13.0. The lowest BCUT2D eigenvalue weighted by molar-refractivity contribution is -0.118. The number of methoxy groups -OCH3 is 1. The van der Waals surface area contributed by atoms with Gasteiger partial charge in [0.15, 0.2) is 0 Å². The third-order valence-corrected chi connectivity index (χ3v) is 4.48. The van der Waals surface area contributed by atoms with Crippen molar-refractivity contribution in [3.63, 3.8) is 0 Å². The van der Waals surface area contributed by atoms with E-state index in [4.69, 9.17) is 9.84 Å². The van der Waals surface area contributed by atoms with Gasteiger partial charge in [-0.2, -0.15) is 0 Å². The van der Waals surface area contributed by atoms with Gasteiger partial charge < -0.3 is 15.2 Å². The average Bonchev–Trinajstić information content (AvgIpc) is 2.67. The molecule has 27 heavy (non-hydrogen) atoms. The van der Waals surface area contributed by atoms with Gasteiger partial charge in [0.1, 0.15) is 5.75 Å². The molecular formula is C22H21NO4. The minimum atomic E-state index is -0.942. The number of aromatic carboxylic acids is 1. The molecule has 3 rings (SSSR count). The molecule has 0 unspecified atom stereocenters. The van der Waals surface area contributed by atoms with E-state index in [1.165, 1.54) is 6.92 Å². The minimum Gasteiger partial charge on any atom is -0.497 e. The van der Waals surface area contributed by atoms with Crippen molar-refractivity contribution in [1.82, 2.24) is 5.32 Å². The molecule has 0 fully saturated rings. The molecule has 5 heteroatoms. The Hall–Kier alpha value is -3.34. The number of nitrogens with one attached hydrogen (secondary N) is 1. The van der Waals surface area contributed by atoms with Gasteiger partial charge in [-0.15, -0.1) is 0 Å². The van der Waals surface area contributed by atoms with E-state index < -0.39 is 5.97 Å². The van der Waals surface area contributed by atoms with Crippen LogP contribution in [0, 0.1) is 0 Å². The molecule has 0 spiro atoms. The maximum absolute atomic E-state index is 11.2. The van der Waals surface area contributed by atoms with Crippen LogP contribution < -0.4 is 10.1 Å². The predicted molar refractivity (Wildman–Crippen MR) is 105 cm³/mol. The van der Waals surface area contributed by atoms with Gasteiger partial charge in [0.2, 0.25) is 5.91 Å². The normalized spacial score (nSPS) is 10.6. The molecule has 2 N–H and O–H groups in total. The Balaban J connectivity index is 2.05. The molecule has 0 aliphatic rings. The van der Waals surface area contributed by atoms with Crippen LogP contribution >= 0.6 is 0 Å². The Labute approximate surface area is 157 Å². The number of carbonyl (C=O) groups is 2. The summed E-state index contributed by atoms with van der Waals surface area (Å²) in [6, 6.07) is 16.9. The van der Waals surface area contributed by atoms with Gasteiger partial charge in [0.25, 0.3) is 0 Å². The number of hydrogen-bond acceptors (Lipinski definition) is 3. The number of fused-ring (bicyclic) bond motifs is 1. The van der Waals surface area contributed by atoms with Crippen LogP contribution in [0.25, 0.3) is 21.9 Å². The lowest BCUT2D eigenvalue weighted by Gasteiger charge is -2.13. The summed E-state index contributed by atoms with van der Waals surface area (Å²) in [5.41, 5.74) is 3.30. The number of rotatable bonds is 6. The Bertz CT molecular complexity index is 993. The number of benzene rings is 3. The van der Waals surface area contributed by atoms with Crippen molar-refractivity contribution in [2.24, 2.45) is 0 Å². The van der Waals surface area contributed by atoms with Gasteiger partial charge in [-0.1, -0.05) is 24.3 Å². The molecule has 0 atom stereocenters. The van der Waals surface area contributed by atoms with Crippen LogP contribution in [0.4, 0.5) is 0 Å². The Kier molecular flexibility index (Phi) is 5.41. The van der Waals surface area contributed by atoms with Crippen molar-refractivity contribution < 1.29 is 19.4 Å². The van der Waals surface area contributed by atoms with Crippen LogP contribution in [-0.2, 0) is 11.2 Å². The zero-order chi connectivity index (χ0) is 19.4. The smallest absolute Gasteiger partial charge is 0.335 e. The topological polar surface area (TPSA) is 75.6 Å². The van der Waals surface area contributed by atoms with E-state index in [-0.39, 0.29) is 11.5 Å². The van der Waals surface area contributed by atoms with E-state index >= 15 is 0 Å². The zero-order valence-electron chi connectivity index (χ0n) is 15.3. The van der Waals surface area contributed by atoms with Crippen molar-refractivity contribution >= 4 is 22.6 Å². The van der Waals surface area contributed by atoms with Crippen molar-refractivity contribution in [2.45, 2.75) is 13.3 Å². The SMILES string of the molecule is COc1ccc2cc(-c3ccc(C(=O)O)cc3)cc(CCNC(C)=O)c2c1. The van der Waals surface area contributed by atoms with Crippen LogP contribution in [0.1, 0.15) is 22.8 Å². The van der Waals surface area contributed by atoms with Crippen molar-refractivity contribution in [1.29, 1.82) is 0 Å². The molecule has 0 aliphatic heterocycles. The molecule has 0 aromatic heterocycles. The summed E-state index contributed by atoms with van der Waals surface area (Å²) in [6.45, 7) is 2.05. The van der Waals surface area contributed by atoms with Gasteiger partial charge in [-0.3, -0.25) is 4.79 Å². The monoisotopic (exact) mass is 363 g/mol. The predicted octanol–water partition coefficient (Wildman–Crippen LogP) is 3.89. The fourth-order valence-electron chi connectivity index (χ4n) is 3.09. The summed E-state index contributed by atoms with van der Waals surface area (Å²) >= 11 is 0. The van der Waals surface area contributed by atoms with Gasteiger partial charge in [0.05, 0.1) is 12.7 Å². The van der Waals surface area contributed by atoms with E-state index in [1.807, 2.05) is 30.3 Å². The maximum Gasteiger partial charge on any atom is 0.335 e. The molecule has 0 aliphatic carbocycles. The molecule has 0 radical (unpaired) electrons. The molecule has 0 bridgehead atoms. The third kappa shape index (κ3) is 4.26. The Morgan fingerprint density at radius 2 is 1.74 bits per heavy atom. The Morgan fingerprint density at radius 1 is 1.00 bits per heavy atom. The molecule has 138 valence electrons. The van der Waals surface area contributed by atoms with Crippen molar-refractivity contribution in [3.05, 3.63) is 65.7 Å². The van der Waals surface area contributed by atoms with E-state index in [2.05, 4.69) is 17.4 Å². The van der Waals surface area contributed by atoms with E-state index in [9.17, 15) is 9.59 Å². The summed E-state index contributed by atoms with van der Waals surface area (Å²) < 4.78 is 5.35. The highest BCUT2D eigenvalue weighted by molar-refractivity contribution is 5.92.